The molecule has 1 aromatic heterocycles. The van der Waals surface area contributed by atoms with Gasteiger partial charge in [0.15, 0.2) is 5.84 Å². The van der Waals surface area contributed by atoms with Gasteiger partial charge in [-0.25, -0.2) is 9.98 Å². The van der Waals surface area contributed by atoms with Crippen molar-refractivity contribution in [3.05, 3.63) is 240 Å². The van der Waals surface area contributed by atoms with Crippen LogP contribution in [0.1, 0.15) is 115 Å². The largest absolute Gasteiger partial charge is 0.309 e. The molecule has 1 heterocycles. The molecule has 3 aliphatic carbocycles. The molecule has 73 heavy (non-hydrogen) atoms. The summed E-state index contributed by atoms with van der Waals surface area (Å²) < 4.78 is 2.42. The van der Waals surface area contributed by atoms with E-state index in [1.54, 1.807) is 6.21 Å². The summed E-state index contributed by atoms with van der Waals surface area (Å²) in [6, 6.07) is 25.3. The van der Waals surface area contributed by atoms with Crippen molar-refractivity contribution >= 4 is 45.1 Å². The first-order valence-electron chi connectivity index (χ1n) is 26.7. The summed E-state index contributed by atoms with van der Waals surface area (Å²) in [5.41, 5.74) is 27.1. The third kappa shape index (κ3) is 13.0. The summed E-state index contributed by atoms with van der Waals surface area (Å²) in [4.78, 5) is 10.3. The Kier molecular flexibility index (Phi) is 20.6. The Morgan fingerprint density at radius 2 is 1.56 bits per heavy atom. The van der Waals surface area contributed by atoms with Gasteiger partial charge in [0, 0.05) is 28.2 Å². The molecule has 0 saturated heterocycles. The molecule has 4 heteroatoms. The molecule has 1 unspecified atom stereocenters. The fraction of sp³-hybridized carbons (Fsp3) is 0.246. The fourth-order valence-electron chi connectivity index (χ4n) is 9.99. The number of hydrogen-bond donors (Lipinski definition) is 1. The van der Waals surface area contributed by atoms with Crippen LogP contribution in [0.2, 0.25) is 0 Å². The quantitative estimate of drug-likeness (QED) is 0.0563. The van der Waals surface area contributed by atoms with Gasteiger partial charge in [0.25, 0.3) is 0 Å². The third-order valence-corrected chi connectivity index (χ3v) is 13.3. The molecule has 1 atom stereocenters. The summed E-state index contributed by atoms with van der Waals surface area (Å²) >= 11 is 0. The number of nitrogens with zero attached hydrogens (tertiary/aromatic N) is 3. The maximum atomic E-state index is 6.91. The smallest absolute Gasteiger partial charge is 0.156 e. The highest BCUT2D eigenvalue weighted by Crippen LogP contribution is 2.46. The lowest BCUT2D eigenvalue weighted by Gasteiger charge is -2.18. The number of aliphatic imine (C=N–C) groups is 2. The van der Waals surface area contributed by atoms with Gasteiger partial charge in [0.1, 0.15) is 6.17 Å². The summed E-state index contributed by atoms with van der Waals surface area (Å²) in [5, 5.41) is 2.61. The Bertz CT molecular complexity index is 3200. The first kappa shape index (κ1) is 54.9. The third-order valence-electron chi connectivity index (χ3n) is 13.3. The molecule has 0 bridgehead atoms. The molecule has 374 valence electrons. The minimum atomic E-state index is -0.574. The lowest BCUT2D eigenvalue weighted by Crippen LogP contribution is -2.22. The Balaban J connectivity index is 0.00000212. The van der Waals surface area contributed by atoms with E-state index in [0.717, 1.165) is 102 Å². The lowest BCUT2D eigenvalue weighted by atomic mass is 9.89. The maximum absolute atomic E-state index is 6.91. The van der Waals surface area contributed by atoms with Crippen LogP contribution < -0.4 is 5.73 Å². The normalized spacial score (nSPS) is 15.4. The van der Waals surface area contributed by atoms with E-state index in [1.165, 1.54) is 55.2 Å². The second-order valence-corrected chi connectivity index (χ2v) is 18.1. The zero-order valence-electron chi connectivity index (χ0n) is 45.0. The predicted molar refractivity (Wildman–Crippen MR) is 325 cm³/mol. The van der Waals surface area contributed by atoms with Crippen molar-refractivity contribution in [3.63, 3.8) is 0 Å². The number of fused-ring (bicyclic) bond motifs is 6. The van der Waals surface area contributed by atoms with Gasteiger partial charge in [-0.2, -0.15) is 0 Å². The minimum Gasteiger partial charge on any atom is -0.309 e. The van der Waals surface area contributed by atoms with Crippen LogP contribution in [0.15, 0.2) is 222 Å². The van der Waals surface area contributed by atoms with Crippen LogP contribution in [-0.4, -0.2) is 22.8 Å². The van der Waals surface area contributed by atoms with Gasteiger partial charge in [-0.15, -0.1) is 0 Å². The molecule has 0 radical (unpaired) electrons. The van der Waals surface area contributed by atoms with Crippen molar-refractivity contribution in [2.24, 2.45) is 15.7 Å². The van der Waals surface area contributed by atoms with Crippen molar-refractivity contribution in [1.29, 1.82) is 0 Å². The molecular weight excluding hydrogens is 885 g/mol. The summed E-state index contributed by atoms with van der Waals surface area (Å²) in [6.07, 6.45) is 44.6. The first-order valence-corrected chi connectivity index (χ1v) is 26.7. The van der Waals surface area contributed by atoms with Crippen LogP contribution in [-0.2, 0) is 12.8 Å². The van der Waals surface area contributed by atoms with Gasteiger partial charge in [-0.1, -0.05) is 200 Å². The first-order chi connectivity index (χ1) is 35.8. The molecule has 0 aliphatic heterocycles. The van der Waals surface area contributed by atoms with Gasteiger partial charge in [-0.05, 0) is 169 Å². The highest BCUT2D eigenvalue weighted by atomic mass is 15.0. The van der Waals surface area contributed by atoms with E-state index >= 15 is 0 Å². The maximum Gasteiger partial charge on any atom is 0.156 e. The monoisotopic (exact) mass is 963 g/mol. The summed E-state index contributed by atoms with van der Waals surface area (Å²) in [5.74, 6) is 0.577. The predicted octanol–water partition coefficient (Wildman–Crippen LogP) is 18.8. The summed E-state index contributed by atoms with van der Waals surface area (Å²) in [6.45, 7) is 28.8. The highest BCUT2D eigenvalue weighted by Gasteiger charge is 2.27. The molecule has 5 aromatic rings. The van der Waals surface area contributed by atoms with E-state index in [4.69, 9.17) is 15.7 Å². The van der Waals surface area contributed by atoms with Crippen molar-refractivity contribution in [2.75, 3.05) is 0 Å². The Morgan fingerprint density at radius 1 is 0.781 bits per heavy atom. The molecule has 8 rings (SSSR count). The molecule has 4 aromatic carbocycles. The molecule has 0 amide bonds. The van der Waals surface area contributed by atoms with Crippen LogP contribution in [0.3, 0.4) is 0 Å². The second kappa shape index (κ2) is 27.4. The van der Waals surface area contributed by atoms with Crippen LogP contribution in [0.5, 0.6) is 0 Å². The molecule has 4 nitrogen and oxygen atoms in total. The van der Waals surface area contributed by atoms with Crippen molar-refractivity contribution in [2.45, 2.75) is 113 Å². The van der Waals surface area contributed by atoms with Gasteiger partial charge in [0.05, 0.1) is 11.0 Å². The van der Waals surface area contributed by atoms with Gasteiger partial charge >= 0.3 is 0 Å². The average molecular weight is 963 g/mol. The van der Waals surface area contributed by atoms with E-state index in [9.17, 15) is 0 Å². The SMILES string of the molecule is C=C/C=C\C=C(\CCC)Cc1cc(-c2cccc(-c3ccc4c5c6c(ccc5n(C(/C=C\C)=C/C=C)c4c3)C3=C(C=CCC3)C6)c2)cc(/C(N=CC(=C)/C=C\C=C/C)=N/C(N)C2=CCCC=C2)c1C.CC.CC. The van der Waals surface area contributed by atoms with E-state index in [1.807, 2.05) is 77.2 Å². The molecule has 0 saturated carbocycles. The number of allylic oxidation sites excluding steroid dienone is 21. The lowest BCUT2D eigenvalue weighted by molar-refractivity contribution is 0.818. The average Bonchev–Trinajstić information content (AvgIpc) is 3.97. The topological polar surface area (TPSA) is 55.7 Å². The van der Waals surface area contributed by atoms with Crippen LogP contribution in [0.4, 0.5) is 0 Å². The zero-order chi connectivity index (χ0) is 52.3. The zero-order valence-corrected chi connectivity index (χ0v) is 45.0. The molecule has 0 fully saturated rings. The molecule has 3 aliphatic rings. The van der Waals surface area contributed by atoms with E-state index in [-0.39, 0.29) is 0 Å². The van der Waals surface area contributed by atoms with E-state index in [2.05, 4.69) is 173 Å². The Labute approximate surface area is 438 Å². The van der Waals surface area contributed by atoms with Crippen molar-refractivity contribution in [3.8, 4) is 22.3 Å². The Hall–Kier alpha value is -7.40. The fourth-order valence-corrected chi connectivity index (χ4v) is 9.99. The van der Waals surface area contributed by atoms with Gasteiger partial charge < -0.3 is 10.3 Å². The van der Waals surface area contributed by atoms with Gasteiger partial charge in [-0.3, -0.25) is 0 Å². The number of hydrogen-bond acceptors (Lipinski definition) is 2. The van der Waals surface area contributed by atoms with Crippen LogP contribution in [0, 0.1) is 6.92 Å². The van der Waals surface area contributed by atoms with E-state index < -0.39 is 6.17 Å². The van der Waals surface area contributed by atoms with Crippen molar-refractivity contribution in [1.82, 2.24) is 4.57 Å². The van der Waals surface area contributed by atoms with Crippen LogP contribution >= 0.6 is 0 Å². The summed E-state index contributed by atoms with van der Waals surface area (Å²) in [7, 11) is 0. The molecule has 2 N–H and O–H groups in total. The number of nitrogens with two attached hydrogens (primary N) is 1. The standard InChI is InChI=1S/C65H66N4.2C2H6/c1-8-13-16-26-45(6)44-67-65(68-64(66)48-28-18-15-19-29-48)59-42-54(40-53(46(59)7)38-47(23-10-3)27-17-14-9-2)50-32-22-31-49(39-50)51-34-35-58-62(43-51)69(55(24-11-4)25-12-5)61-37-36-57-56-33-21-20-30-52(56)41-60(57)63(58)61;2*1-2/h8-9,11-14,16-18,20,22,24-32,34-37,39-40,42-44,64H,2,4,6,10,15,19,21,23,33,38,41,66H2,1,3,5,7H3;2*1-2H3/b13-8-,17-14-,25-12-,26-16-,47-27-,55-24+,67-44?,68-65-;;. The number of rotatable bonds is 17. The van der Waals surface area contributed by atoms with Crippen molar-refractivity contribution < 1.29 is 0 Å². The second-order valence-electron chi connectivity index (χ2n) is 18.1. The number of amidine groups is 1. The number of benzene rings is 4. The van der Waals surface area contributed by atoms with Crippen LogP contribution in [0.25, 0.3) is 55.3 Å². The molecule has 0 spiro atoms. The Morgan fingerprint density at radius 3 is 2.29 bits per heavy atom. The van der Waals surface area contributed by atoms with Gasteiger partial charge in [0.2, 0.25) is 0 Å². The van der Waals surface area contributed by atoms with E-state index in [0.29, 0.717) is 5.84 Å². The minimum absolute atomic E-state index is 0.574. The molecular formula is C69H78N4. The highest BCUT2D eigenvalue weighted by molar-refractivity contribution is 6.15. The number of aromatic nitrogens is 1.